The van der Waals surface area contributed by atoms with E-state index >= 15 is 0 Å². The van der Waals surface area contributed by atoms with Crippen LogP contribution >= 0.6 is 36.2 Å². The second kappa shape index (κ2) is 8.45. The van der Waals surface area contributed by atoms with Gasteiger partial charge in [0.2, 0.25) is 5.91 Å². The van der Waals surface area contributed by atoms with Crippen molar-refractivity contribution in [2.45, 2.75) is 46.7 Å². The summed E-state index contributed by atoms with van der Waals surface area (Å²) in [6.45, 7) is 11.1. The molecule has 1 aromatic heterocycles. The molecule has 0 fully saturated rings. The highest BCUT2D eigenvalue weighted by molar-refractivity contribution is 7.15. The Morgan fingerprint density at radius 3 is 2.64 bits per heavy atom. The number of hydrogen-bond acceptors (Lipinski definition) is 5. The molecule has 22 heavy (non-hydrogen) atoms. The number of thiazole rings is 1. The molecular formula is C14H26Cl2N4OS. The van der Waals surface area contributed by atoms with Gasteiger partial charge in [0.1, 0.15) is 0 Å². The highest BCUT2D eigenvalue weighted by atomic mass is 35.5. The number of fused-ring (bicyclic) bond motifs is 1. The van der Waals surface area contributed by atoms with Crippen LogP contribution in [0.25, 0.3) is 0 Å². The smallest absolute Gasteiger partial charge is 0.243 e. The molecule has 2 heterocycles. The fourth-order valence-corrected chi connectivity index (χ4v) is 3.20. The number of anilines is 1. The molecule has 0 radical (unpaired) electrons. The zero-order valence-electron chi connectivity index (χ0n) is 13.5. The van der Waals surface area contributed by atoms with E-state index in [1.165, 1.54) is 4.88 Å². The molecule has 5 nitrogen and oxygen atoms in total. The zero-order chi connectivity index (χ0) is 14.9. The van der Waals surface area contributed by atoms with Crippen LogP contribution in [0.2, 0.25) is 0 Å². The van der Waals surface area contributed by atoms with Crippen LogP contribution in [0.4, 0.5) is 5.13 Å². The second-order valence-corrected chi connectivity index (χ2v) is 7.42. The number of aromatic nitrogens is 1. The standard InChI is InChI=1S/C14H24N4OS.2ClH/c1-5-18-7-6-9-10(8-18)20-13(16-9)17-12(19)11(15)14(2,3)4;;/h11H,5-8,15H2,1-4H3,(H,16,17,19);2*1H/t11-;;/m1../s1. The monoisotopic (exact) mass is 368 g/mol. The van der Waals surface area contributed by atoms with E-state index in [-0.39, 0.29) is 36.1 Å². The lowest BCUT2D eigenvalue weighted by molar-refractivity contribution is -0.119. The molecule has 0 bridgehead atoms. The first-order valence-corrected chi connectivity index (χ1v) is 7.90. The summed E-state index contributed by atoms with van der Waals surface area (Å²) in [6.07, 6.45) is 0.959. The first kappa shape index (κ1) is 21.6. The van der Waals surface area contributed by atoms with E-state index in [4.69, 9.17) is 5.73 Å². The molecule has 0 saturated heterocycles. The average Bonchev–Trinajstić information content (AvgIpc) is 2.77. The van der Waals surface area contributed by atoms with Crippen molar-refractivity contribution in [1.82, 2.24) is 9.88 Å². The van der Waals surface area contributed by atoms with E-state index in [0.29, 0.717) is 5.13 Å². The number of likely N-dealkylation sites (N-methyl/N-ethyl adjacent to an activating group) is 1. The van der Waals surface area contributed by atoms with Crippen molar-refractivity contribution in [3.63, 3.8) is 0 Å². The van der Waals surface area contributed by atoms with E-state index in [2.05, 4.69) is 22.1 Å². The Bertz CT molecular complexity index is 502. The number of nitrogens with two attached hydrogens (primary N) is 1. The van der Waals surface area contributed by atoms with Gasteiger partial charge in [0.05, 0.1) is 11.7 Å². The van der Waals surface area contributed by atoms with E-state index in [0.717, 1.165) is 31.7 Å². The minimum atomic E-state index is -0.532. The maximum atomic E-state index is 12.1. The summed E-state index contributed by atoms with van der Waals surface area (Å²) in [5.74, 6) is -0.157. The molecule has 2 rings (SSSR count). The molecule has 0 unspecified atom stereocenters. The first-order chi connectivity index (χ1) is 9.31. The fourth-order valence-electron chi connectivity index (χ4n) is 2.15. The predicted octanol–water partition coefficient (Wildman–Crippen LogP) is 2.68. The molecule has 1 amide bonds. The maximum Gasteiger partial charge on any atom is 0.243 e. The van der Waals surface area contributed by atoms with E-state index in [9.17, 15) is 4.79 Å². The topological polar surface area (TPSA) is 71.2 Å². The van der Waals surface area contributed by atoms with Gasteiger partial charge in [-0.15, -0.1) is 36.2 Å². The van der Waals surface area contributed by atoms with Crippen molar-refractivity contribution in [3.8, 4) is 0 Å². The normalized spacial score (nSPS) is 16.0. The van der Waals surface area contributed by atoms with Gasteiger partial charge in [-0.1, -0.05) is 27.7 Å². The second-order valence-electron chi connectivity index (χ2n) is 6.34. The number of carbonyl (C=O) groups excluding carboxylic acids is 1. The van der Waals surface area contributed by atoms with Crippen LogP contribution in [0.5, 0.6) is 0 Å². The summed E-state index contributed by atoms with van der Waals surface area (Å²) < 4.78 is 0. The molecule has 128 valence electrons. The number of carbonyl (C=O) groups is 1. The third-order valence-corrected chi connectivity index (χ3v) is 4.70. The van der Waals surface area contributed by atoms with Crippen molar-refractivity contribution >= 4 is 47.2 Å². The lowest BCUT2D eigenvalue weighted by atomic mass is 9.87. The molecule has 1 aliphatic heterocycles. The summed E-state index contributed by atoms with van der Waals surface area (Å²) >= 11 is 1.57. The lowest BCUT2D eigenvalue weighted by Crippen LogP contribution is -2.45. The average molecular weight is 369 g/mol. The van der Waals surface area contributed by atoms with Crippen LogP contribution in [0.3, 0.4) is 0 Å². The maximum absolute atomic E-state index is 12.1. The first-order valence-electron chi connectivity index (χ1n) is 7.08. The van der Waals surface area contributed by atoms with Crippen molar-refractivity contribution in [2.24, 2.45) is 11.1 Å². The SMILES string of the molecule is CCN1CCc2nc(NC(=O)[C@@H](N)C(C)(C)C)sc2C1.Cl.Cl. The molecule has 0 spiro atoms. The van der Waals surface area contributed by atoms with E-state index in [1.807, 2.05) is 20.8 Å². The van der Waals surface area contributed by atoms with Crippen LogP contribution in [0.1, 0.15) is 38.3 Å². The molecule has 0 aliphatic carbocycles. The number of nitrogens with one attached hydrogen (secondary N) is 1. The van der Waals surface area contributed by atoms with Crippen molar-refractivity contribution in [2.75, 3.05) is 18.4 Å². The predicted molar refractivity (Wildman–Crippen MR) is 97.3 cm³/mol. The highest BCUT2D eigenvalue weighted by Crippen LogP contribution is 2.28. The van der Waals surface area contributed by atoms with Gasteiger partial charge in [-0.05, 0) is 12.0 Å². The summed E-state index contributed by atoms with van der Waals surface area (Å²) in [5, 5.41) is 3.54. The molecular weight excluding hydrogens is 343 g/mol. The molecule has 8 heteroatoms. The van der Waals surface area contributed by atoms with Crippen LogP contribution in [-0.2, 0) is 17.8 Å². The Labute approximate surface area is 148 Å². The molecule has 0 saturated carbocycles. The number of amides is 1. The Kier molecular flexibility index (Phi) is 8.30. The van der Waals surface area contributed by atoms with Crippen LogP contribution in [-0.4, -0.2) is 34.9 Å². The lowest BCUT2D eigenvalue weighted by Gasteiger charge is -2.25. The van der Waals surface area contributed by atoms with Crippen LogP contribution in [0, 0.1) is 5.41 Å². The Balaban J connectivity index is 0.00000220. The Morgan fingerprint density at radius 1 is 1.45 bits per heavy atom. The van der Waals surface area contributed by atoms with Crippen molar-refractivity contribution < 1.29 is 4.79 Å². The van der Waals surface area contributed by atoms with Gasteiger partial charge in [-0.2, -0.15) is 0 Å². The van der Waals surface area contributed by atoms with E-state index < -0.39 is 6.04 Å². The molecule has 1 aromatic rings. The van der Waals surface area contributed by atoms with Crippen LogP contribution in [0.15, 0.2) is 0 Å². The quantitative estimate of drug-likeness (QED) is 0.859. The Morgan fingerprint density at radius 2 is 2.09 bits per heavy atom. The molecule has 3 N–H and O–H groups in total. The Hall–Kier alpha value is -0.400. The van der Waals surface area contributed by atoms with Gasteiger partial charge in [-0.25, -0.2) is 4.98 Å². The molecule has 1 atom stereocenters. The highest BCUT2D eigenvalue weighted by Gasteiger charge is 2.28. The van der Waals surface area contributed by atoms with Gasteiger partial charge in [0.25, 0.3) is 0 Å². The summed E-state index contributed by atoms with van der Waals surface area (Å²) in [5.41, 5.74) is 6.84. The fraction of sp³-hybridized carbons (Fsp3) is 0.714. The van der Waals surface area contributed by atoms with Crippen molar-refractivity contribution in [1.29, 1.82) is 0 Å². The molecule has 0 aromatic carbocycles. The number of rotatable bonds is 3. The zero-order valence-corrected chi connectivity index (χ0v) is 16.0. The minimum absolute atomic E-state index is 0. The minimum Gasteiger partial charge on any atom is -0.319 e. The van der Waals surface area contributed by atoms with Gasteiger partial charge in [-0.3, -0.25) is 9.69 Å². The van der Waals surface area contributed by atoms with Gasteiger partial charge in [0.15, 0.2) is 5.13 Å². The van der Waals surface area contributed by atoms with Gasteiger partial charge in [0, 0.05) is 24.4 Å². The number of hydrogen-bond donors (Lipinski definition) is 2. The number of halogens is 2. The molecule has 1 aliphatic rings. The summed E-state index contributed by atoms with van der Waals surface area (Å²) in [6, 6.07) is -0.532. The largest absolute Gasteiger partial charge is 0.319 e. The summed E-state index contributed by atoms with van der Waals surface area (Å²) in [4.78, 5) is 20.3. The van der Waals surface area contributed by atoms with Crippen molar-refractivity contribution in [3.05, 3.63) is 10.6 Å². The number of nitrogens with zero attached hydrogens (tertiary/aromatic N) is 2. The third kappa shape index (κ3) is 5.06. The third-order valence-electron chi connectivity index (χ3n) is 3.70. The van der Waals surface area contributed by atoms with Gasteiger partial charge < -0.3 is 11.1 Å². The van der Waals surface area contributed by atoms with E-state index in [1.54, 1.807) is 11.3 Å². The summed E-state index contributed by atoms with van der Waals surface area (Å²) in [7, 11) is 0. The van der Waals surface area contributed by atoms with Crippen LogP contribution < -0.4 is 11.1 Å². The van der Waals surface area contributed by atoms with Gasteiger partial charge >= 0.3 is 0 Å².